The van der Waals surface area contributed by atoms with Gasteiger partial charge < -0.3 is 14.6 Å². The van der Waals surface area contributed by atoms with Crippen LogP contribution < -0.4 is 10.2 Å². The van der Waals surface area contributed by atoms with Crippen LogP contribution in [-0.4, -0.2) is 35.5 Å². The monoisotopic (exact) mass is 361 g/mol. The second-order valence-electron chi connectivity index (χ2n) is 6.63. The van der Waals surface area contributed by atoms with Crippen LogP contribution >= 0.6 is 0 Å². The molecule has 1 amide bonds. The Bertz CT molecular complexity index is 966. The molecule has 3 aromatic rings. The van der Waals surface area contributed by atoms with Crippen LogP contribution in [0.1, 0.15) is 29.1 Å². The van der Waals surface area contributed by atoms with Crippen molar-refractivity contribution in [2.75, 3.05) is 24.5 Å². The fourth-order valence-corrected chi connectivity index (χ4v) is 3.41. The maximum Gasteiger partial charge on any atom is 0.287 e. The molecule has 0 saturated carbocycles. The number of anilines is 1. The van der Waals surface area contributed by atoms with Gasteiger partial charge in [-0.1, -0.05) is 18.2 Å². The first-order valence-corrected chi connectivity index (χ1v) is 8.97. The van der Waals surface area contributed by atoms with Crippen molar-refractivity contribution in [2.45, 2.75) is 12.8 Å². The number of furan rings is 1. The number of hydrogen-bond donors (Lipinski definition) is 1. The quantitative estimate of drug-likeness (QED) is 0.768. The Morgan fingerprint density at radius 2 is 2.04 bits per heavy atom. The smallest absolute Gasteiger partial charge is 0.287 e. The molecule has 1 aromatic carbocycles. The van der Waals surface area contributed by atoms with E-state index in [4.69, 9.17) is 4.42 Å². The average Bonchev–Trinajstić information content (AvgIpc) is 3.17. The minimum Gasteiger partial charge on any atom is -0.451 e. The maximum absolute atomic E-state index is 12.4. The summed E-state index contributed by atoms with van der Waals surface area (Å²) >= 11 is 0. The molecule has 7 nitrogen and oxygen atoms in total. The standard InChI is InChI=1S/C20H19N5O2/c21-12-16-19(23-8-7-22-16)25-9-5-14(6-10-25)13-24-20(26)18-11-15-3-1-2-4-17(15)27-18/h1-4,7-8,11,14H,5-6,9-10,13H2,(H,24,26). The lowest BCUT2D eigenvalue weighted by atomic mass is 9.96. The minimum absolute atomic E-state index is 0.186. The first-order chi connectivity index (χ1) is 13.2. The summed E-state index contributed by atoms with van der Waals surface area (Å²) in [5.41, 5.74) is 1.07. The molecule has 3 heterocycles. The van der Waals surface area contributed by atoms with Gasteiger partial charge in [-0.05, 0) is 30.9 Å². The Hall–Kier alpha value is -3.40. The zero-order valence-electron chi connectivity index (χ0n) is 14.8. The number of para-hydroxylation sites is 1. The van der Waals surface area contributed by atoms with Crippen molar-refractivity contribution >= 4 is 22.7 Å². The molecule has 7 heteroatoms. The first kappa shape index (κ1) is 17.0. The number of fused-ring (bicyclic) bond motifs is 1. The van der Waals surface area contributed by atoms with Crippen LogP contribution in [0.3, 0.4) is 0 Å². The zero-order chi connectivity index (χ0) is 18.6. The number of carbonyl (C=O) groups is 1. The third kappa shape index (κ3) is 3.60. The summed E-state index contributed by atoms with van der Waals surface area (Å²) in [6.07, 6.45) is 4.97. The highest BCUT2D eigenvalue weighted by Gasteiger charge is 2.23. The van der Waals surface area contributed by atoms with E-state index in [1.165, 1.54) is 6.20 Å². The maximum atomic E-state index is 12.4. The van der Waals surface area contributed by atoms with Gasteiger partial charge in [0.15, 0.2) is 17.3 Å². The van der Waals surface area contributed by atoms with Gasteiger partial charge in [-0.3, -0.25) is 4.79 Å². The highest BCUT2D eigenvalue weighted by atomic mass is 16.3. The molecule has 136 valence electrons. The van der Waals surface area contributed by atoms with Crippen molar-refractivity contribution in [3.8, 4) is 6.07 Å². The van der Waals surface area contributed by atoms with E-state index in [2.05, 4.69) is 26.3 Å². The Morgan fingerprint density at radius 1 is 1.26 bits per heavy atom. The van der Waals surface area contributed by atoms with Crippen LogP contribution in [-0.2, 0) is 0 Å². The molecule has 0 bridgehead atoms. The normalized spacial score (nSPS) is 14.9. The molecule has 0 radical (unpaired) electrons. The summed E-state index contributed by atoms with van der Waals surface area (Å²) in [7, 11) is 0. The second-order valence-corrected chi connectivity index (χ2v) is 6.63. The molecule has 4 rings (SSSR count). The molecular weight excluding hydrogens is 342 g/mol. The number of carbonyl (C=O) groups excluding carboxylic acids is 1. The third-order valence-corrected chi connectivity index (χ3v) is 4.90. The van der Waals surface area contributed by atoms with Crippen LogP contribution in [0, 0.1) is 17.2 Å². The number of nitrogens with one attached hydrogen (secondary N) is 1. The number of piperidine rings is 1. The number of rotatable bonds is 4. The number of nitrogens with zero attached hydrogens (tertiary/aromatic N) is 4. The van der Waals surface area contributed by atoms with Crippen LogP contribution in [0.4, 0.5) is 5.82 Å². The van der Waals surface area contributed by atoms with Gasteiger partial charge in [0.2, 0.25) is 0 Å². The van der Waals surface area contributed by atoms with E-state index in [-0.39, 0.29) is 5.91 Å². The summed E-state index contributed by atoms with van der Waals surface area (Å²) in [6.45, 7) is 2.19. The molecule has 0 spiro atoms. The van der Waals surface area contributed by atoms with Crippen LogP contribution in [0.2, 0.25) is 0 Å². The predicted molar refractivity (Wildman–Crippen MR) is 100 cm³/mol. The minimum atomic E-state index is -0.186. The number of benzene rings is 1. The van der Waals surface area contributed by atoms with Crippen LogP contribution in [0.25, 0.3) is 11.0 Å². The highest BCUT2D eigenvalue weighted by Crippen LogP contribution is 2.23. The molecule has 0 atom stereocenters. The van der Waals surface area contributed by atoms with Gasteiger partial charge >= 0.3 is 0 Å². The summed E-state index contributed by atoms with van der Waals surface area (Å²) < 4.78 is 5.60. The lowest BCUT2D eigenvalue weighted by Gasteiger charge is -2.32. The number of amides is 1. The number of aromatic nitrogens is 2. The fourth-order valence-electron chi connectivity index (χ4n) is 3.41. The molecule has 0 unspecified atom stereocenters. The Balaban J connectivity index is 1.32. The van der Waals surface area contributed by atoms with Crippen LogP contribution in [0.5, 0.6) is 0 Å². The van der Waals surface area contributed by atoms with E-state index in [1.807, 2.05) is 24.3 Å². The third-order valence-electron chi connectivity index (χ3n) is 4.90. The Morgan fingerprint density at radius 3 is 2.81 bits per heavy atom. The van der Waals surface area contributed by atoms with E-state index in [9.17, 15) is 10.1 Å². The summed E-state index contributed by atoms with van der Waals surface area (Å²) in [4.78, 5) is 22.8. The fraction of sp³-hybridized carbons (Fsp3) is 0.300. The molecular formula is C20H19N5O2. The van der Waals surface area contributed by atoms with Gasteiger partial charge in [0.25, 0.3) is 5.91 Å². The molecule has 2 aromatic heterocycles. The van der Waals surface area contributed by atoms with E-state index in [1.54, 1.807) is 12.3 Å². The molecule has 1 aliphatic heterocycles. The SMILES string of the molecule is N#Cc1nccnc1N1CCC(CNC(=O)c2cc3ccccc3o2)CC1. The average molecular weight is 361 g/mol. The number of nitriles is 1. The van der Waals surface area contributed by atoms with Gasteiger partial charge in [0, 0.05) is 37.4 Å². The summed E-state index contributed by atoms with van der Waals surface area (Å²) in [6, 6.07) is 11.4. The van der Waals surface area contributed by atoms with Gasteiger partial charge in [0.05, 0.1) is 0 Å². The van der Waals surface area contributed by atoms with E-state index in [0.29, 0.717) is 35.3 Å². The van der Waals surface area contributed by atoms with E-state index >= 15 is 0 Å². The molecule has 1 N–H and O–H groups in total. The second kappa shape index (κ2) is 7.46. The van der Waals surface area contributed by atoms with E-state index in [0.717, 1.165) is 31.3 Å². The van der Waals surface area contributed by atoms with Crippen molar-refractivity contribution in [3.05, 3.63) is 54.2 Å². The summed E-state index contributed by atoms with van der Waals surface area (Å²) in [5.74, 6) is 1.18. The molecule has 0 aliphatic carbocycles. The highest BCUT2D eigenvalue weighted by molar-refractivity contribution is 5.96. The molecule has 1 aliphatic rings. The van der Waals surface area contributed by atoms with Gasteiger partial charge in [-0.25, -0.2) is 9.97 Å². The van der Waals surface area contributed by atoms with E-state index < -0.39 is 0 Å². The van der Waals surface area contributed by atoms with Gasteiger partial charge in [-0.15, -0.1) is 0 Å². The molecule has 27 heavy (non-hydrogen) atoms. The van der Waals surface area contributed by atoms with Crippen molar-refractivity contribution in [3.63, 3.8) is 0 Å². The largest absolute Gasteiger partial charge is 0.451 e. The van der Waals surface area contributed by atoms with Crippen LogP contribution in [0.15, 0.2) is 47.1 Å². The summed E-state index contributed by atoms with van der Waals surface area (Å²) in [5, 5.41) is 13.1. The van der Waals surface area contributed by atoms with Crippen molar-refractivity contribution in [1.29, 1.82) is 5.26 Å². The first-order valence-electron chi connectivity index (χ1n) is 8.97. The topological polar surface area (TPSA) is 95.0 Å². The molecule has 1 fully saturated rings. The predicted octanol–water partition coefficient (Wildman–Crippen LogP) is 2.74. The van der Waals surface area contributed by atoms with Crippen molar-refractivity contribution in [2.24, 2.45) is 5.92 Å². The lowest BCUT2D eigenvalue weighted by molar-refractivity contribution is 0.0919. The Kier molecular flexibility index (Phi) is 4.71. The number of hydrogen-bond acceptors (Lipinski definition) is 6. The molecule has 1 saturated heterocycles. The van der Waals surface area contributed by atoms with Gasteiger partial charge in [-0.2, -0.15) is 5.26 Å². The Labute approximate surface area is 156 Å². The van der Waals surface area contributed by atoms with Gasteiger partial charge in [0.1, 0.15) is 11.7 Å². The van der Waals surface area contributed by atoms with Crippen molar-refractivity contribution in [1.82, 2.24) is 15.3 Å². The lowest BCUT2D eigenvalue weighted by Crippen LogP contribution is -2.39. The zero-order valence-corrected chi connectivity index (χ0v) is 14.8. The van der Waals surface area contributed by atoms with Crippen molar-refractivity contribution < 1.29 is 9.21 Å².